The average Bonchev–Trinajstić information content (AvgIpc) is 2.28. The lowest BCUT2D eigenvalue weighted by molar-refractivity contribution is 0.284. The van der Waals surface area contributed by atoms with Crippen molar-refractivity contribution in [3.63, 3.8) is 0 Å². The highest BCUT2D eigenvalue weighted by molar-refractivity contribution is 5.56. The summed E-state index contributed by atoms with van der Waals surface area (Å²) in [5, 5.41) is 3.35. The van der Waals surface area contributed by atoms with E-state index in [0.29, 0.717) is 17.8 Å². The van der Waals surface area contributed by atoms with Gasteiger partial charge in [0.15, 0.2) is 0 Å². The van der Waals surface area contributed by atoms with Crippen molar-refractivity contribution in [1.82, 2.24) is 14.9 Å². The quantitative estimate of drug-likeness (QED) is 0.808. The molecule has 0 aliphatic carbocycles. The van der Waals surface area contributed by atoms with E-state index < -0.39 is 0 Å². The van der Waals surface area contributed by atoms with Crippen molar-refractivity contribution >= 4 is 11.6 Å². The summed E-state index contributed by atoms with van der Waals surface area (Å²) in [5.41, 5.74) is 6.90. The number of nitrogens with one attached hydrogen (secondary N) is 1. The first-order valence-electron chi connectivity index (χ1n) is 6.48. The van der Waals surface area contributed by atoms with Gasteiger partial charge in [-0.3, -0.25) is 0 Å². The lowest BCUT2D eigenvalue weighted by atomic mass is 10.0. The Morgan fingerprint density at radius 2 is 1.94 bits per heavy atom. The molecular formula is C13H25N5. The summed E-state index contributed by atoms with van der Waals surface area (Å²) in [5.74, 6) is 1.74. The van der Waals surface area contributed by atoms with E-state index in [9.17, 15) is 0 Å². The van der Waals surface area contributed by atoms with Crippen LogP contribution in [0.15, 0.2) is 6.33 Å². The predicted octanol–water partition coefficient (Wildman–Crippen LogP) is 1.93. The summed E-state index contributed by atoms with van der Waals surface area (Å²) < 4.78 is 0. The number of nitrogens with zero attached hydrogens (tertiary/aromatic N) is 3. The molecule has 0 aromatic carbocycles. The van der Waals surface area contributed by atoms with Gasteiger partial charge in [0.05, 0.1) is 0 Å². The SMILES string of the molecule is CC(C)c1c(N)ncnc1NCCN(C)C(C)C. The van der Waals surface area contributed by atoms with Gasteiger partial charge in [0.25, 0.3) is 0 Å². The molecule has 1 heterocycles. The summed E-state index contributed by atoms with van der Waals surface area (Å²) in [7, 11) is 2.12. The number of rotatable bonds is 6. The molecule has 0 spiro atoms. The predicted molar refractivity (Wildman–Crippen MR) is 76.8 cm³/mol. The zero-order chi connectivity index (χ0) is 13.7. The molecule has 3 N–H and O–H groups in total. The van der Waals surface area contributed by atoms with E-state index in [-0.39, 0.29) is 0 Å². The number of nitrogens with two attached hydrogens (primary N) is 1. The van der Waals surface area contributed by atoms with Crippen molar-refractivity contribution < 1.29 is 0 Å². The Morgan fingerprint density at radius 3 is 2.50 bits per heavy atom. The summed E-state index contributed by atoms with van der Waals surface area (Å²) >= 11 is 0. The molecule has 0 bridgehead atoms. The van der Waals surface area contributed by atoms with Crippen LogP contribution in [-0.2, 0) is 0 Å². The van der Waals surface area contributed by atoms with Gasteiger partial charge >= 0.3 is 0 Å². The molecule has 0 unspecified atom stereocenters. The highest BCUT2D eigenvalue weighted by Crippen LogP contribution is 2.25. The summed E-state index contributed by atoms with van der Waals surface area (Å²) in [4.78, 5) is 10.6. The second kappa shape index (κ2) is 6.54. The van der Waals surface area contributed by atoms with E-state index in [1.54, 1.807) is 0 Å². The van der Waals surface area contributed by atoms with Crippen molar-refractivity contribution in [2.45, 2.75) is 39.7 Å². The maximum Gasteiger partial charge on any atom is 0.135 e. The second-order valence-electron chi connectivity index (χ2n) is 5.18. The van der Waals surface area contributed by atoms with E-state index >= 15 is 0 Å². The summed E-state index contributed by atoms with van der Waals surface area (Å²) in [6.45, 7) is 10.4. The first kappa shape index (κ1) is 14.7. The molecule has 102 valence electrons. The van der Waals surface area contributed by atoms with Crippen LogP contribution in [-0.4, -0.2) is 41.0 Å². The molecule has 0 amide bonds. The van der Waals surface area contributed by atoms with Crippen LogP contribution in [0.25, 0.3) is 0 Å². The minimum absolute atomic E-state index is 0.316. The summed E-state index contributed by atoms with van der Waals surface area (Å²) in [6, 6.07) is 0.548. The zero-order valence-corrected chi connectivity index (χ0v) is 12.1. The van der Waals surface area contributed by atoms with Gasteiger partial charge in [0.1, 0.15) is 18.0 Å². The molecule has 0 atom stereocenters. The number of hydrogen-bond acceptors (Lipinski definition) is 5. The molecular weight excluding hydrogens is 226 g/mol. The van der Waals surface area contributed by atoms with Crippen LogP contribution in [0.5, 0.6) is 0 Å². The molecule has 0 aliphatic rings. The van der Waals surface area contributed by atoms with Crippen LogP contribution < -0.4 is 11.1 Å². The summed E-state index contributed by atoms with van der Waals surface area (Å²) in [6.07, 6.45) is 1.51. The normalized spacial score (nSPS) is 11.6. The van der Waals surface area contributed by atoms with Crippen molar-refractivity contribution in [3.8, 4) is 0 Å². The second-order valence-corrected chi connectivity index (χ2v) is 5.18. The minimum Gasteiger partial charge on any atom is -0.383 e. The zero-order valence-electron chi connectivity index (χ0n) is 12.1. The molecule has 0 saturated carbocycles. The van der Waals surface area contributed by atoms with Crippen molar-refractivity contribution in [3.05, 3.63) is 11.9 Å². The number of aromatic nitrogens is 2. The van der Waals surface area contributed by atoms with Crippen LogP contribution in [0.4, 0.5) is 11.6 Å². The Hall–Kier alpha value is -1.36. The largest absolute Gasteiger partial charge is 0.383 e. The fourth-order valence-electron chi connectivity index (χ4n) is 1.73. The molecule has 1 aromatic rings. The van der Waals surface area contributed by atoms with Gasteiger partial charge in [0.2, 0.25) is 0 Å². The maximum absolute atomic E-state index is 5.90. The Kier molecular flexibility index (Phi) is 5.34. The van der Waals surface area contributed by atoms with Gasteiger partial charge in [0, 0.05) is 24.7 Å². The lowest BCUT2D eigenvalue weighted by Gasteiger charge is -2.22. The maximum atomic E-state index is 5.90. The first-order chi connectivity index (χ1) is 8.43. The van der Waals surface area contributed by atoms with E-state index in [4.69, 9.17) is 5.73 Å². The van der Waals surface area contributed by atoms with Gasteiger partial charge < -0.3 is 16.0 Å². The monoisotopic (exact) mass is 251 g/mol. The lowest BCUT2D eigenvalue weighted by Crippen LogP contribution is -2.31. The van der Waals surface area contributed by atoms with Crippen molar-refractivity contribution in [2.75, 3.05) is 31.2 Å². The van der Waals surface area contributed by atoms with Crippen LogP contribution >= 0.6 is 0 Å². The number of nitrogen functional groups attached to an aromatic ring is 1. The Balaban J connectivity index is 2.65. The van der Waals surface area contributed by atoms with Crippen LogP contribution in [0.3, 0.4) is 0 Å². The van der Waals surface area contributed by atoms with Crippen LogP contribution in [0.2, 0.25) is 0 Å². The van der Waals surface area contributed by atoms with Crippen LogP contribution in [0, 0.1) is 0 Å². The van der Waals surface area contributed by atoms with E-state index in [1.165, 1.54) is 6.33 Å². The molecule has 0 aliphatic heterocycles. The third-order valence-electron chi connectivity index (χ3n) is 3.13. The fourth-order valence-corrected chi connectivity index (χ4v) is 1.73. The Bertz CT molecular complexity index is 376. The van der Waals surface area contributed by atoms with Crippen molar-refractivity contribution in [2.24, 2.45) is 0 Å². The number of likely N-dealkylation sites (N-methyl/N-ethyl adjacent to an activating group) is 1. The number of hydrogen-bond donors (Lipinski definition) is 2. The van der Waals surface area contributed by atoms with Gasteiger partial charge in [-0.2, -0.15) is 0 Å². The Morgan fingerprint density at radius 1 is 1.28 bits per heavy atom. The molecule has 1 aromatic heterocycles. The molecule has 5 nitrogen and oxygen atoms in total. The van der Waals surface area contributed by atoms with Crippen molar-refractivity contribution in [1.29, 1.82) is 0 Å². The third kappa shape index (κ3) is 3.84. The highest BCUT2D eigenvalue weighted by atomic mass is 15.1. The van der Waals surface area contributed by atoms with E-state index in [0.717, 1.165) is 24.5 Å². The fraction of sp³-hybridized carbons (Fsp3) is 0.692. The number of anilines is 2. The topological polar surface area (TPSA) is 67.1 Å². The highest BCUT2D eigenvalue weighted by Gasteiger charge is 2.12. The van der Waals surface area contributed by atoms with Crippen LogP contribution in [0.1, 0.15) is 39.2 Å². The smallest absolute Gasteiger partial charge is 0.135 e. The third-order valence-corrected chi connectivity index (χ3v) is 3.13. The Labute approximate surface area is 110 Å². The molecule has 0 radical (unpaired) electrons. The molecule has 18 heavy (non-hydrogen) atoms. The average molecular weight is 251 g/mol. The first-order valence-corrected chi connectivity index (χ1v) is 6.48. The van der Waals surface area contributed by atoms with Gasteiger partial charge in [-0.25, -0.2) is 9.97 Å². The molecule has 0 saturated heterocycles. The molecule has 5 heteroatoms. The molecule has 0 fully saturated rings. The van der Waals surface area contributed by atoms with Gasteiger partial charge in [-0.05, 0) is 26.8 Å². The minimum atomic E-state index is 0.316. The van der Waals surface area contributed by atoms with Gasteiger partial charge in [-0.15, -0.1) is 0 Å². The molecule has 1 rings (SSSR count). The standard InChI is InChI=1S/C13H25N5/c1-9(2)11-12(14)16-8-17-13(11)15-6-7-18(5)10(3)4/h8-10H,6-7H2,1-5H3,(H3,14,15,16,17). The van der Waals surface area contributed by atoms with Gasteiger partial charge in [-0.1, -0.05) is 13.8 Å². The van der Waals surface area contributed by atoms with E-state index in [2.05, 4.69) is 54.9 Å². The van der Waals surface area contributed by atoms with E-state index in [1.807, 2.05) is 0 Å².